The number of piperidine rings is 1. The van der Waals surface area contributed by atoms with Gasteiger partial charge in [0.1, 0.15) is 5.76 Å². The molecule has 1 saturated heterocycles. The van der Waals surface area contributed by atoms with E-state index in [4.69, 9.17) is 14.2 Å². The second-order valence-corrected chi connectivity index (χ2v) is 11.9. The fourth-order valence-electron chi connectivity index (χ4n) is 7.68. The quantitative estimate of drug-likeness (QED) is 0.220. The summed E-state index contributed by atoms with van der Waals surface area (Å²) in [5.74, 6) is -2.59. The van der Waals surface area contributed by atoms with Crippen molar-refractivity contribution in [3.63, 3.8) is 0 Å². The molecule has 3 aliphatic carbocycles. The predicted octanol–water partition coefficient (Wildman–Crippen LogP) is 1.28. The van der Waals surface area contributed by atoms with Gasteiger partial charge in [0.25, 0.3) is 5.91 Å². The molecule has 1 aromatic carbocycles. The molecule has 2 bridgehead atoms. The van der Waals surface area contributed by atoms with Crippen molar-refractivity contribution in [2.75, 3.05) is 47.6 Å². The van der Waals surface area contributed by atoms with E-state index in [0.717, 1.165) is 24.9 Å². The number of ether oxygens (including phenoxy) is 3. The fourth-order valence-corrected chi connectivity index (χ4v) is 7.68. The van der Waals surface area contributed by atoms with Gasteiger partial charge in [-0.25, -0.2) is 4.79 Å². The lowest BCUT2D eigenvalue weighted by atomic mass is 9.46. The Morgan fingerprint density at radius 1 is 1.12 bits per heavy atom. The van der Waals surface area contributed by atoms with Crippen LogP contribution in [0.15, 0.2) is 23.5 Å². The highest BCUT2D eigenvalue weighted by atomic mass is 16.5. The van der Waals surface area contributed by atoms with Crippen molar-refractivity contribution in [2.24, 2.45) is 11.8 Å². The largest absolute Gasteiger partial charge is 0.512 e. The number of rotatable bonds is 9. The highest BCUT2D eigenvalue weighted by Crippen LogP contribution is 2.63. The maximum absolute atomic E-state index is 13.8. The highest BCUT2D eigenvalue weighted by Gasteiger charge is 2.69. The number of nitrogens with zero attached hydrogens (tertiary/aromatic N) is 1. The van der Waals surface area contributed by atoms with E-state index >= 15 is 0 Å². The van der Waals surface area contributed by atoms with Crippen LogP contribution in [0.25, 0.3) is 0 Å². The van der Waals surface area contributed by atoms with Crippen LogP contribution in [0.3, 0.4) is 0 Å². The summed E-state index contributed by atoms with van der Waals surface area (Å²) in [5.41, 5.74) is -3.21. The summed E-state index contributed by atoms with van der Waals surface area (Å²) in [6.07, 6.45) is 2.88. The van der Waals surface area contributed by atoms with Crippen molar-refractivity contribution in [1.82, 2.24) is 10.2 Å². The Morgan fingerprint density at radius 2 is 1.80 bits per heavy atom. The molecule has 5 N–H and O–H groups in total. The average Bonchev–Trinajstić information content (AvgIpc) is 3.74. The number of carbonyl (C=O) groups excluding carboxylic acids is 2. The first-order valence-corrected chi connectivity index (χ1v) is 13.8. The van der Waals surface area contributed by atoms with Crippen molar-refractivity contribution < 1.29 is 44.2 Å². The Bertz CT molecular complexity index is 1220. The number of allylic oxidation sites excluding steroid dienone is 1. The van der Waals surface area contributed by atoms with Crippen LogP contribution in [-0.2, 0) is 35.6 Å². The molecule has 1 heterocycles. The van der Waals surface area contributed by atoms with Crippen LogP contribution in [0.5, 0.6) is 11.5 Å². The number of phenolic OH excluding ortho intramolecular Hbond substituents is 2. The van der Waals surface area contributed by atoms with Crippen LogP contribution >= 0.6 is 0 Å². The van der Waals surface area contributed by atoms with Gasteiger partial charge in [0.05, 0.1) is 31.5 Å². The van der Waals surface area contributed by atoms with Crippen LogP contribution in [0.1, 0.15) is 43.7 Å². The lowest BCUT2D eigenvalue weighted by molar-refractivity contribution is -0.172. The minimum atomic E-state index is -1.68. The minimum Gasteiger partial charge on any atom is -0.512 e. The third kappa shape index (κ3) is 4.08. The molecular weight excluding hydrogens is 520 g/mol. The number of hydrogen-bond acceptors (Lipinski definition) is 10. The fraction of sp³-hybridized carbons (Fsp3) is 0.655. The monoisotopic (exact) mass is 560 g/mol. The Balaban J connectivity index is 1.62. The molecule has 11 nitrogen and oxygen atoms in total. The number of aromatic hydroxyl groups is 2. The second kappa shape index (κ2) is 10.2. The molecule has 1 aliphatic heterocycles. The molecule has 11 heteroatoms. The molecule has 0 spiro atoms. The van der Waals surface area contributed by atoms with Crippen LogP contribution in [0.4, 0.5) is 0 Å². The van der Waals surface area contributed by atoms with Crippen LogP contribution < -0.4 is 5.32 Å². The molecule has 4 aliphatic rings. The number of hydrogen-bond donors (Lipinski definition) is 5. The van der Waals surface area contributed by atoms with Crippen molar-refractivity contribution in [3.8, 4) is 11.5 Å². The molecule has 0 unspecified atom stereocenters. The number of amides is 1. The molecule has 4 atom stereocenters. The van der Waals surface area contributed by atoms with Gasteiger partial charge < -0.3 is 40.0 Å². The third-order valence-corrected chi connectivity index (χ3v) is 9.74. The van der Waals surface area contributed by atoms with Crippen molar-refractivity contribution in [3.05, 3.63) is 34.6 Å². The van der Waals surface area contributed by atoms with Gasteiger partial charge in [0, 0.05) is 50.1 Å². The number of nitrogens with one attached hydrogen (secondary N) is 1. The predicted molar refractivity (Wildman–Crippen MR) is 143 cm³/mol. The van der Waals surface area contributed by atoms with E-state index in [1.54, 1.807) is 13.0 Å². The number of carbonyl (C=O) groups is 2. The SMILES string of the molecule is COCC(COC)(NC(=O)C1=C(O)[C@H](C)[C@]23CCN(CC4CC4)[C@H](Cc4ccc(O)c(O)c42)[C@]3(O)C1)C(=O)OC. The van der Waals surface area contributed by atoms with E-state index in [2.05, 4.69) is 10.2 Å². The van der Waals surface area contributed by atoms with Crippen LogP contribution in [0, 0.1) is 11.8 Å². The first kappa shape index (κ1) is 28.7. The standard InChI is InChI=1S/C29H40N2O9/c1-16-23(33)19(25(35)30-27(14-38-2,15-39-3)26(36)40-4)12-29(37)21-11-18-7-8-20(32)24(34)22(18)28(16,29)9-10-31(21)13-17-5-6-17/h7-8,16-17,21,32-34,37H,5-6,9-15H2,1-4H3,(H,30,35)/t16-,21+,28+,29+/m0/s1. The van der Waals surface area contributed by atoms with E-state index < -0.39 is 34.3 Å². The van der Waals surface area contributed by atoms with Crippen LogP contribution in [0.2, 0.25) is 0 Å². The molecule has 5 rings (SSSR count). The number of methoxy groups -OCH3 is 3. The zero-order valence-corrected chi connectivity index (χ0v) is 23.5. The normalized spacial score (nSPS) is 29.9. The number of phenols is 2. The van der Waals surface area contributed by atoms with Gasteiger partial charge in [0.2, 0.25) is 0 Å². The first-order chi connectivity index (χ1) is 19.0. The second-order valence-electron chi connectivity index (χ2n) is 11.9. The average molecular weight is 561 g/mol. The van der Waals surface area contributed by atoms with Gasteiger partial charge in [-0.3, -0.25) is 9.69 Å². The summed E-state index contributed by atoms with van der Waals surface area (Å²) in [7, 11) is 3.95. The molecule has 0 radical (unpaired) electrons. The van der Waals surface area contributed by atoms with E-state index in [0.29, 0.717) is 30.9 Å². The number of fused-ring (bicyclic) bond motifs is 1. The summed E-state index contributed by atoms with van der Waals surface area (Å²) in [6.45, 7) is 2.72. The molecular formula is C29H40N2O9. The van der Waals surface area contributed by atoms with Gasteiger partial charge in [0.15, 0.2) is 17.0 Å². The Labute approximate surface area is 233 Å². The summed E-state index contributed by atoms with van der Waals surface area (Å²) in [4.78, 5) is 28.9. The van der Waals surface area contributed by atoms with Gasteiger partial charge in [-0.05, 0) is 49.8 Å². The number of aliphatic hydroxyl groups is 2. The zero-order valence-electron chi connectivity index (χ0n) is 23.5. The maximum Gasteiger partial charge on any atom is 0.336 e. The van der Waals surface area contributed by atoms with Gasteiger partial charge in [-0.1, -0.05) is 13.0 Å². The lowest BCUT2D eigenvalue weighted by Gasteiger charge is -2.65. The Morgan fingerprint density at radius 3 is 2.40 bits per heavy atom. The van der Waals surface area contributed by atoms with E-state index in [9.17, 15) is 30.0 Å². The highest BCUT2D eigenvalue weighted by molar-refractivity contribution is 5.98. The number of esters is 1. The molecule has 1 saturated carbocycles. The molecule has 1 aromatic rings. The zero-order chi connectivity index (χ0) is 29.0. The third-order valence-electron chi connectivity index (χ3n) is 9.74. The van der Waals surface area contributed by atoms with Gasteiger partial charge in [-0.2, -0.15) is 0 Å². The summed E-state index contributed by atoms with van der Waals surface area (Å²) in [5, 5.41) is 48.7. The topological polar surface area (TPSA) is 158 Å². The summed E-state index contributed by atoms with van der Waals surface area (Å²) >= 11 is 0. The molecule has 40 heavy (non-hydrogen) atoms. The van der Waals surface area contributed by atoms with Gasteiger partial charge in [-0.15, -0.1) is 0 Å². The van der Waals surface area contributed by atoms with Crippen molar-refractivity contribution in [2.45, 2.75) is 61.6 Å². The van der Waals surface area contributed by atoms with Crippen molar-refractivity contribution in [1.29, 1.82) is 0 Å². The number of aliphatic hydroxyl groups excluding tert-OH is 1. The molecule has 1 amide bonds. The lowest BCUT2D eigenvalue weighted by Crippen LogP contribution is -2.75. The number of likely N-dealkylation sites (tertiary alicyclic amines) is 1. The summed E-state index contributed by atoms with van der Waals surface area (Å²) < 4.78 is 15.4. The van der Waals surface area contributed by atoms with E-state index in [1.165, 1.54) is 27.4 Å². The van der Waals surface area contributed by atoms with Crippen LogP contribution in [-0.4, -0.2) is 102 Å². The molecule has 2 fully saturated rings. The Hall–Kier alpha value is -2.86. The van der Waals surface area contributed by atoms with Crippen molar-refractivity contribution >= 4 is 11.9 Å². The van der Waals surface area contributed by atoms with E-state index in [-0.39, 0.29) is 48.5 Å². The summed E-state index contributed by atoms with van der Waals surface area (Å²) in [6, 6.07) is 2.84. The minimum absolute atomic E-state index is 0.0486. The smallest absolute Gasteiger partial charge is 0.336 e. The Kier molecular flexibility index (Phi) is 7.31. The number of benzene rings is 1. The van der Waals surface area contributed by atoms with Gasteiger partial charge >= 0.3 is 5.97 Å². The van der Waals surface area contributed by atoms with E-state index in [1.807, 2.05) is 0 Å². The molecule has 0 aromatic heterocycles. The maximum atomic E-state index is 13.8. The first-order valence-electron chi connectivity index (χ1n) is 13.8. The molecule has 220 valence electrons.